The summed E-state index contributed by atoms with van der Waals surface area (Å²) >= 11 is 0. The normalized spacial score (nSPS) is 11.1. The fraction of sp³-hybridized carbons (Fsp3) is 0. The number of benzene rings is 6. The van der Waals surface area contributed by atoms with Gasteiger partial charge in [-0.15, -0.1) is 0 Å². The second-order valence-electron chi connectivity index (χ2n) is 9.63. The van der Waals surface area contributed by atoms with Crippen LogP contribution in [-0.2, 0) is 0 Å². The minimum atomic E-state index is 1.06. The molecule has 0 saturated carbocycles. The molecule has 0 unspecified atom stereocenters. The van der Waals surface area contributed by atoms with E-state index in [-0.39, 0.29) is 0 Å². The Morgan fingerprint density at radius 3 is 1.15 bits per heavy atom. The first-order valence-corrected chi connectivity index (χ1v) is 13.2. The van der Waals surface area contributed by atoms with Crippen LogP contribution in [-0.4, -0.2) is 4.98 Å². The van der Waals surface area contributed by atoms with Gasteiger partial charge in [-0.1, -0.05) is 97.1 Å². The SMILES string of the molecule is c1ccc(N(c2ccc3ccccc3c2)c2c[nH]cc2N(c2ccccc2)c2ccc3ccccc3c2)cc1. The second kappa shape index (κ2) is 9.88. The van der Waals surface area contributed by atoms with Crippen LogP contribution in [0.15, 0.2) is 158 Å². The maximum absolute atomic E-state index is 3.43. The third-order valence-corrected chi connectivity index (χ3v) is 7.20. The molecule has 6 aromatic carbocycles. The van der Waals surface area contributed by atoms with Crippen LogP contribution in [0.25, 0.3) is 21.5 Å². The summed E-state index contributed by atoms with van der Waals surface area (Å²) in [4.78, 5) is 8.09. The van der Waals surface area contributed by atoms with Gasteiger partial charge in [-0.25, -0.2) is 0 Å². The fourth-order valence-corrected chi connectivity index (χ4v) is 5.35. The molecule has 0 saturated heterocycles. The van der Waals surface area contributed by atoms with E-state index in [2.05, 4.69) is 173 Å². The van der Waals surface area contributed by atoms with Crippen LogP contribution in [0.4, 0.5) is 34.1 Å². The molecule has 39 heavy (non-hydrogen) atoms. The van der Waals surface area contributed by atoms with Crippen molar-refractivity contribution in [1.82, 2.24) is 4.98 Å². The van der Waals surface area contributed by atoms with Crippen molar-refractivity contribution in [1.29, 1.82) is 0 Å². The van der Waals surface area contributed by atoms with Crippen LogP contribution in [0.2, 0.25) is 0 Å². The Labute approximate surface area is 228 Å². The Kier molecular flexibility index (Phi) is 5.80. The van der Waals surface area contributed by atoms with Gasteiger partial charge in [0.1, 0.15) is 0 Å². The standard InChI is InChI=1S/C36H27N3/c1-3-15-31(16-4-1)38(33-21-19-27-11-7-9-13-29(27)23-33)35-25-37-26-36(35)39(32-17-5-2-6-18-32)34-22-20-28-12-8-10-14-30(28)24-34/h1-26,37H. The second-order valence-corrected chi connectivity index (χ2v) is 9.63. The van der Waals surface area contributed by atoms with E-state index in [1.807, 2.05) is 0 Å². The van der Waals surface area contributed by atoms with Gasteiger partial charge in [-0.2, -0.15) is 0 Å². The van der Waals surface area contributed by atoms with Crippen molar-refractivity contribution in [2.45, 2.75) is 0 Å². The molecule has 0 aliphatic rings. The molecule has 0 atom stereocenters. The molecule has 7 aromatic rings. The van der Waals surface area contributed by atoms with Crippen LogP contribution in [0, 0.1) is 0 Å². The first-order valence-electron chi connectivity index (χ1n) is 13.2. The highest BCUT2D eigenvalue weighted by molar-refractivity contribution is 5.96. The minimum Gasteiger partial charge on any atom is -0.364 e. The zero-order valence-corrected chi connectivity index (χ0v) is 21.4. The number of anilines is 6. The number of nitrogens with one attached hydrogen (secondary N) is 1. The lowest BCUT2D eigenvalue weighted by Gasteiger charge is -2.31. The molecule has 0 aliphatic carbocycles. The van der Waals surface area contributed by atoms with Gasteiger partial charge in [0.25, 0.3) is 0 Å². The topological polar surface area (TPSA) is 22.3 Å². The average Bonchev–Trinajstić information content (AvgIpc) is 3.47. The van der Waals surface area contributed by atoms with Crippen molar-refractivity contribution in [3.63, 3.8) is 0 Å². The predicted molar refractivity (Wildman–Crippen MR) is 165 cm³/mol. The Morgan fingerprint density at radius 2 is 0.718 bits per heavy atom. The van der Waals surface area contributed by atoms with Crippen LogP contribution in [0.5, 0.6) is 0 Å². The highest BCUT2D eigenvalue weighted by Crippen LogP contribution is 2.46. The smallest absolute Gasteiger partial charge is 0.0879 e. The molecule has 0 amide bonds. The summed E-state index contributed by atoms with van der Waals surface area (Å²) in [6.07, 6.45) is 4.18. The molecular formula is C36H27N3. The maximum Gasteiger partial charge on any atom is 0.0879 e. The van der Waals surface area contributed by atoms with Gasteiger partial charge in [0.15, 0.2) is 0 Å². The lowest BCUT2D eigenvalue weighted by molar-refractivity contribution is 1.25. The molecule has 3 heteroatoms. The van der Waals surface area contributed by atoms with Crippen molar-refractivity contribution in [3.8, 4) is 0 Å². The number of rotatable bonds is 6. The lowest BCUT2D eigenvalue weighted by Crippen LogP contribution is -2.15. The Bertz CT molecular complexity index is 1740. The van der Waals surface area contributed by atoms with E-state index in [1.54, 1.807) is 0 Å². The fourth-order valence-electron chi connectivity index (χ4n) is 5.35. The van der Waals surface area contributed by atoms with Crippen LogP contribution in [0.1, 0.15) is 0 Å². The summed E-state index contributed by atoms with van der Waals surface area (Å²) in [6.45, 7) is 0. The van der Waals surface area contributed by atoms with Gasteiger partial charge in [0, 0.05) is 35.1 Å². The zero-order valence-electron chi connectivity index (χ0n) is 21.4. The highest BCUT2D eigenvalue weighted by Gasteiger charge is 2.23. The summed E-state index contributed by atoms with van der Waals surface area (Å²) in [5.41, 5.74) is 6.53. The van der Waals surface area contributed by atoms with E-state index in [1.165, 1.54) is 21.5 Å². The molecule has 186 valence electrons. The summed E-state index contributed by atoms with van der Waals surface area (Å²) in [5.74, 6) is 0. The molecular weight excluding hydrogens is 474 g/mol. The van der Waals surface area contributed by atoms with Gasteiger partial charge < -0.3 is 14.8 Å². The van der Waals surface area contributed by atoms with E-state index in [0.717, 1.165) is 34.1 Å². The first kappa shape index (κ1) is 22.9. The molecule has 0 radical (unpaired) electrons. The van der Waals surface area contributed by atoms with Crippen molar-refractivity contribution >= 4 is 55.7 Å². The third kappa shape index (κ3) is 4.30. The van der Waals surface area contributed by atoms with Gasteiger partial charge >= 0.3 is 0 Å². The summed E-state index contributed by atoms with van der Waals surface area (Å²) in [7, 11) is 0. The number of para-hydroxylation sites is 2. The van der Waals surface area contributed by atoms with Crippen LogP contribution in [0.3, 0.4) is 0 Å². The zero-order chi connectivity index (χ0) is 26.0. The van der Waals surface area contributed by atoms with Gasteiger partial charge in [-0.05, 0) is 70.1 Å². The number of H-pyrrole nitrogens is 1. The van der Waals surface area contributed by atoms with Crippen molar-refractivity contribution in [2.24, 2.45) is 0 Å². The number of aromatic amines is 1. The molecule has 0 bridgehead atoms. The molecule has 1 heterocycles. The number of aromatic nitrogens is 1. The largest absolute Gasteiger partial charge is 0.364 e. The van der Waals surface area contributed by atoms with E-state index >= 15 is 0 Å². The highest BCUT2D eigenvalue weighted by atomic mass is 15.2. The lowest BCUT2D eigenvalue weighted by atomic mass is 10.1. The van der Waals surface area contributed by atoms with Gasteiger partial charge in [0.05, 0.1) is 11.4 Å². The molecule has 7 rings (SSSR count). The predicted octanol–water partition coefficient (Wildman–Crippen LogP) is 10.3. The number of nitrogens with zero attached hydrogens (tertiary/aromatic N) is 2. The molecule has 1 N–H and O–H groups in total. The monoisotopic (exact) mass is 501 g/mol. The van der Waals surface area contributed by atoms with E-state index in [4.69, 9.17) is 0 Å². The first-order chi connectivity index (χ1) is 19.3. The summed E-state index contributed by atoms with van der Waals surface area (Å²) in [6, 6.07) is 51.5. The Morgan fingerprint density at radius 1 is 0.333 bits per heavy atom. The number of hydrogen-bond donors (Lipinski definition) is 1. The van der Waals surface area contributed by atoms with E-state index < -0.39 is 0 Å². The number of hydrogen-bond acceptors (Lipinski definition) is 2. The third-order valence-electron chi connectivity index (χ3n) is 7.20. The van der Waals surface area contributed by atoms with Crippen molar-refractivity contribution in [3.05, 3.63) is 158 Å². The Hall–Kier alpha value is -5.28. The minimum absolute atomic E-state index is 1.06. The van der Waals surface area contributed by atoms with Gasteiger partial charge in [-0.3, -0.25) is 0 Å². The summed E-state index contributed by atoms with van der Waals surface area (Å²) in [5, 5.41) is 4.88. The molecule has 0 spiro atoms. The average molecular weight is 502 g/mol. The van der Waals surface area contributed by atoms with Crippen molar-refractivity contribution in [2.75, 3.05) is 9.80 Å². The number of fused-ring (bicyclic) bond motifs is 2. The molecule has 1 aromatic heterocycles. The van der Waals surface area contributed by atoms with Gasteiger partial charge in [0.2, 0.25) is 0 Å². The maximum atomic E-state index is 3.43. The molecule has 0 aliphatic heterocycles. The van der Waals surface area contributed by atoms with E-state index in [9.17, 15) is 0 Å². The molecule has 3 nitrogen and oxygen atoms in total. The Balaban J connectivity index is 1.44. The van der Waals surface area contributed by atoms with Crippen LogP contribution < -0.4 is 9.80 Å². The molecule has 0 fully saturated rings. The summed E-state index contributed by atoms with van der Waals surface area (Å²) < 4.78 is 0. The quantitative estimate of drug-likeness (QED) is 0.245. The van der Waals surface area contributed by atoms with Crippen molar-refractivity contribution < 1.29 is 0 Å². The van der Waals surface area contributed by atoms with E-state index in [0.29, 0.717) is 0 Å². The van der Waals surface area contributed by atoms with Crippen LogP contribution >= 0.6 is 0 Å².